The van der Waals surface area contributed by atoms with Gasteiger partial charge in [0.05, 0.1) is 22.1 Å². The van der Waals surface area contributed by atoms with Crippen LogP contribution in [0.25, 0.3) is 106 Å². The van der Waals surface area contributed by atoms with Gasteiger partial charge in [0, 0.05) is 32.8 Å². The first kappa shape index (κ1) is 31.9. The summed E-state index contributed by atoms with van der Waals surface area (Å²) in [5.41, 5.74) is 12.1. The number of furan rings is 1. The zero-order valence-corrected chi connectivity index (χ0v) is 30.2. The van der Waals surface area contributed by atoms with Crippen LogP contribution in [-0.2, 0) is 0 Å². The molecule has 0 N–H and O–H groups in total. The molecule has 0 aliphatic heterocycles. The number of hydrogen-bond acceptors (Lipinski definition) is 4. The molecule has 0 aliphatic rings. The van der Waals surface area contributed by atoms with E-state index in [0.29, 0.717) is 17.5 Å². The van der Waals surface area contributed by atoms with Gasteiger partial charge < -0.3 is 8.98 Å². The number of hydrogen-bond donors (Lipinski definition) is 0. The van der Waals surface area contributed by atoms with Crippen LogP contribution in [0.5, 0.6) is 0 Å². The normalized spacial score (nSPS) is 11.6. The quantitative estimate of drug-likeness (QED) is 0.172. The molecule has 0 amide bonds. The first-order valence-electron chi connectivity index (χ1n) is 18.8. The Labute approximate surface area is 322 Å². The van der Waals surface area contributed by atoms with Crippen molar-refractivity contribution in [3.05, 3.63) is 194 Å². The summed E-state index contributed by atoms with van der Waals surface area (Å²) in [5, 5.41) is 4.50. The summed E-state index contributed by atoms with van der Waals surface area (Å²) in [6, 6.07) is 67.4. The van der Waals surface area contributed by atoms with Crippen LogP contribution >= 0.6 is 0 Å². The fraction of sp³-hybridized carbons (Fsp3) is 0. The smallest absolute Gasteiger partial charge is 0.164 e. The van der Waals surface area contributed by atoms with E-state index in [0.717, 1.165) is 77.6 Å². The molecule has 11 rings (SSSR count). The summed E-state index contributed by atoms with van der Waals surface area (Å²) in [7, 11) is 0. The van der Waals surface area contributed by atoms with Crippen molar-refractivity contribution in [3.8, 4) is 62.1 Å². The highest BCUT2D eigenvalue weighted by atomic mass is 16.3. The SMILES string of the molecule is c1ccc(-c2ccc(-c3nc(-c4ccccc4)nc(-c4ccc5c(c4)oc4cc(-c6ccccc6)cc(-n6c7ccccc7c7ccccc76)c45)n3)cc2)cc1. The van der Waals surface area contributed by atoms with Gasteiger partial charge in [-0.2, -0.15) is 0 Å². The Hall–Kier alpha value is -7.63. The minimum atomic E-state index is 0.580. The number of benzene rings is 8. The van der Waals surface area contributed by atoms with Gasteiger partial charge in [0.15, 0.2) is 17.5 Å². The van der Waals surface area contributed by atoms with Gasteiger partial charge in [0.2, 0.25) is 0 Å². The van der Waals surface area contributed by atoms with Gasteiger partial charge in [0.25, 0.3) is 0 Å². The number of rotatable bonds is 6. The number of para-hydroxylation sites is 2. The molecule has 0 saturated carbocycles. The van der Waals surface area contributed by atoms with Crippen molar-refractivity contribution >= 4 is 43.7 Å². The second-order valence-electron chi connectivity index (χ2n) is 14.0. The van der Waals surface area contributed by atoms with Crippen molar-refractivity contribution < 1.29 is 4.42 Å². The standard InChI is InChI=1S/C51H32N4O/c1-4-14-33(15-5-1)35-24-26-37(27-25-35)50-52-49(36-18-8-3-9-19-36)53-51(54-50)38-28-29-42-46(31-38)56-47-32-39(34-16-6-2-7-17-34)30-45(48(42)47)55-43-22-12-10-20-40(43)41-21-11-13-23-44(41)55/h1-32H. The molecular formula is C51H32N4O. The van der Waals surface area contributed by atoms with Crippen LogP contribution in [0.4, 0.5) is 0 Å². The molecule has 0 spiro atoms. The molecule has 5 heteroatoms. The monoisotopic (exact) mass is 716 g/mol. The molecule has 8 aromatic carbocycles. The third-order valence-electron chi connectivity index (χ3n) is 10.7. The lowest BCUT2D eigenvalue weighted by molar-refractivity contribution is 0.669. The van der Waals surface area contributed by atoms with Crippen LogP contribution in [0.2, 0.25) is 0 Å². The third kappa shape index (κ3) is 5.37. The molecule has 56 heavy (non-hydrogen) atoms. The van der Waals surface area contributed by atoms with Gasteiger partial charge >= 0.3 is 0 Å². The number of fused-ring (bicyclic) bond motifs is 6. The number of nitrogens with zero attached hydrogens (tertiary/aromatic N) is 4. The topological polar surface area (TPSA) is 56.7 Å². The zero-order chi connectivity index (χ0) is 37.0. The van der Waals surface area contributed by atoms with Crippen LogP contribution in [0.15, 0.2) is 199 Å². The highest BCUT2D eigenvalue weighted by molar-refractivity contribution is 6.15. The minimum absolute atomic E-state index is 0.580. The van der Waals surface area contributed by atoms with Crippen molar-refractivity contribution in [1.82, 2.24) is 19.5 Å². The maximum absolute atomic E-state index is 6.84. The van der Waals surface area contributed by atoms with Crippen LogP contribution in [0, 0.1) is 0 Å². The maximum atomic E-state index is 6.84. The molecule has 0 unspecified atom stereocenters. The molecule has 0 saturated heterocycles. The van der Waals surface area contributed by atoms with Gasteiger partial charge in [-0.25, -0.2) is 15.0 Å². The van der Waals surface area contributed by atoms with E-state index in [4.69, 9.17) is 19.4 Å². The van der Waals surface area contributed by atoms with E-state index in [-0.39, 0.29) is 0 Å². The Morgan fingerprint density at radius 1 is 0.321 bits per heavy atom. The predicted octanol–water partition coefficient (Wildman–Crippen LogP) is 13.2. The maximum Gasteiger partial charge on any atom is 0.164 e. The van der Waals surface area contributed by atoms with Gasteiger partial charge in [0.1, 0.15) is 11.2 Å². The van der Waals surface area contributed by atoms with E-state index < -0.39 is 0 Å². The zero-order valence-electron chi connectivity index (χ0n) is 30.2. The second kappa shape index (κ2) is 13.0. The Morgan fingerprint density at radius 3 is 1.36 bits per heavy atom. The largest absolute Gasteiger partial charge is 0.456 e. The van der Waals surface area contributed by atoms with Crippen molar-refractivity contribution in [3.63, 3.8) is 0 Å². The molecule has 0 bridgehead atoms. The lowest BCUT2D eigenvalue weighted by Gasteiger charge is -2.12. The van der Waals surface area contributed by atoms with E-state index in [1.54, 1.807) is 0 Å². The molecule has 3 aromatic heterocycles. The van der Waals surface area contributed by atoms with E-state index in [1.807, 2.05) is 42.5 Å². The molecule has 0 aliphatic carbocycles. The lowest BCUT2D eigenvalue weighted by atomic mass is 10.0. The van der Waals surface area contributed by atoms with E-state index in [2.05, 4.69) is 156 Å². The van der Waals surface area contributed by atoms with Crippen molar-refractivity contribution in [2.75, 3.05) is 0 Å². The van der Waals surface area contributed by atoms with Crippen LogP contribution in [0.3, 0.4) is 0 Å². The highest BCUT2D eigenvalue weighted by Gasteiger charge is 2.21. The Morgan fingerprint density at radius 2 is 0.750 bits per heavy atom. The Bertz CT molecular complexity index is 3170. The summed E-state index contributed by atoms with van der Waals surface area (Å²) in [5.74, 6) is 1.80. The van der Waals surface area contributed by atoms with Crippen molar-refractivity contribution in [2.45, 2.75) is 0 Å². The molecule has 3 heterocycles. The molecule has 0 radical (unpaired) electrons. The van der Waals surface area contributed by atoms with Crippen LogP contribution in [0.1, 0.15) is 0 Å². The van der Waals surface area contributed by atoms with E-state index in [9.17, 15) is 0 Å². The lowest BCUT2D eigenvalue weighted by Crippen LogP contribution is -2.00. The van der Waals surface area contributed by atoms with Crippen molar-refractivity contribution in [1.29, 1.82) is 0 Å². The van der Waals surface area contributed by atoms with Crippen molar-refractivity contribution in [2.24, 2.45) is 0 Å². The van der Waals surface area contributed by atoms with E-state index >= 15 is 0 Å². The summed E-state index contributed by atoms with van der Waals surface area (Å²) < 4.78 is 9.22. The van der Waals surface area contributed by atoms with Gasteiger partial charge in [-0.15, -0.1) is 0 Å². The first-order valence-corrected chi connectivity index (χ1v) is 18.8. The van der Waals surface area contributed by atoms with Crippen LogP contribution < -0.4 is 0 Å². The molecule has 262 valence electrons. The number of aromatic nitrogens is 4. The Balaban J connectivity index is 1.11. The summed E-state index contributed by atoms with van der Waals surface area (Å²) in [6.45, 7) is 0. The Kier molecular flexibility index (Phi) is 7.42. The van der Waals surface area contributed by atoms with Crippen LogP contribution in [-0.4, -0.2) is 19.5 Å². The summed E-state index contributed by atoms with van der Waals surface area (Å²) in [6.07, 6.45) is 0. The summed E-state index contributed by atoms with van der Waals surface area (Å²) >= 11 is 0. The molecule has 11 aromatic rings. The predicted molar refractivity (Wildman–Crippen MR) is 229 cm³/mol. The molecular weight excluding hydrogens is 685 g/mol. The first-order chi connectivity index (χ1) is 27.7. The van der Waals surface area contributed by atoms with E-state index in [1.165, 1.54) is 10.8 Å². The fourth-order valence-corrected chi connectivity index (χ4v) is 7.97. The third-order valence-corrected chi connectivity index (χ3v) is 10.7. The van der Waals surface area contributed by atoms with Gasteiger partial charge in [-0.1, -0.05) is 158 Å². The molecule has 5 nitrogen and oxygen atoms in total. The molecule has 0 fully saturated rings. The van der Waals surface area contributed by atoms with Gasteiger partial charge in [-0.05, 0) is 58.7 Å². The minimum Gasteiger partial charge on any atom is -0.456 e. The van der Waals surface area contributed by atoms with Gasteiger partial charge in [-0.3, -0.25) is 0 Å². The molecule has 0 atom stereocenters. The average molecular weight is 717 g/mol. The summed E-state index contributed by atoms with van der Waals surface area (Å²) in [4.78, 5) is 15.1. The second-order valence-corrected chi connectivity index (χ2v) is 14.0. The average Bonchev–Trinajstić information content (AvgIpc) is 3.82. The fourth-order valence-electron chi connectivity index (χ4n) is 7.97. The highest BCUT2D eigenvalue weighted by Crippen LogP contribution is 2.42.